The van der Waals surface area contributed by atoms with Crippen LogP contribution in [-0.4, -0.2) is 9.97 Å². The quantitative estimate of drug-likeness (QED) is 0.893. The van der Waals surface area contributed by atoms with Crippen LogP contribution in [0.5, 0.6) is 0 Å². The van der Waals surface area contributed by atoms with Crippen LogP contribution < -0.4 is 5.32 Å². The number of hydrogen-bond acceptors (Lipinski definition) is 4. The number of nitrogens with one attached hydrogen (secondary N) is 1. The van der Waals surface area contributed by atoms with Crippen LogP contribution in [0.2, 0.25) is 0 Å². The molecule has 0 bridgehead atoms. The van der Waals surface area contributed by atoms with Gasteiger partial charge >= 0.3 is 0 Å². The van der Waals surface area contributed by atoms with E-state index in [0.29, 0.717) is 5.56 Å². The van der Waals surface area contributed by atoms with Gasteiger partial charge in [-0.15, -0.1) is 0 Å². The van der Waals surface area contributed by atoms with Gasteiger partial charge in [-0.25, -0.2) is 4.98 Å². The zero-order valence-corrected chi connectivity index (χ0v) is 10.4. The predicted octanol–water partition coefficient (Wildman–Crippen LogP) is 2.83. The highest BCUT2D eigenvalue weighted by molar-refractivity contribution is 5.42. The van der Waals surface area contributed by atoms with E-state index in [1.54, 1.807) is 12.4 Å². The molecule has 0 aliphatic heterocycles. The van der Waals surface area contributed by atoms with Crippen molar-refractivity contribution >= 4 is 5.82 Å². The molecule has 90 valence electrons. The Labute approximate surface area is 106 Å². The largest absolute Gasteiger partial charge is 0.362 e. The molecule has 2 rings (SSSR count). The molecule has 1 N–H and O–H groups in total. The van der Waals surface area contributed by atoms with Crippen LogP contribution in [0.4, 0.5) is 5.82 Å². The zero-order valence-electron chi connectivity index (χ0n) is 10.4. The molecule has 18 heavy (non-hydrogen) atoms. The summed E-state index contributed by atoms with van der Waals surface area (Å²) in [6, 6.07) is 9.75. The van der Waals surface area contributed by atoms with Gasteiger partial charge in [0.05, 0.1) is 23.4 Å². The summed E-state index contributed by atoms with van der Waals surface area (Å²) >= 11 is 0. The molecule has 0 fully saturated rings. The maximum Gasteiger partial charge on any atom is 0.147 e. The molecule has 0 spiro atoms. The van der Waals surface area contributed by atoms with Gasteiger partial charge in [0.2, 0.25) is 0 Å². The van der Waals surface area contributed by atoms with Gasteiger partial charge in [0.15, 0.2) is 0 Å². The van der Waals surface area contributed by atoms with Gasteiger partial charge in [-0.1, -0.05) is 12.1 Å². The Hall–Kier alpha value is -2.41. The fraction of sp³-hybridized carbons (Fsp3) is 0.214. The predicted molar refractivity (Wildman–Crippen MR) is 70.0 cm³/mol. The van der Waals surface area contributed by atoms with E-state index < -0.39 is 0 Å². The van der Waals surface area contributed by atoms with Gasteiger partial charge in [-0.3, -0.25) is 4.98 Å². The van der Waals surface area contributed by atoms with Gasteiger partial charge in [-0.2, -0.15) is 5.26 Å². The van der Waals surface area contributed by atoms with E-state index in [1.165, 1.54) is 0 Å². The van der Waals surface area contributed by atoms with Crippen molar-refractivity contribution in [1.29, 1.82) is 5.26 Å². The second kappa shape index (κ2) is 5.28. The second-order valence-corrected chi connectivity index (χ2v) is 4.09. The highest BCUT2D eigenvalue weighted by Gasteiger charge is 2.07. The number of aryl methyl sites for hydroxylation is 1. The van der Waals surface area contributed by atoms with Crippen LogP contribution >= 0.6 is 0 Å². The normalized spacial score (nSPS) is 11.6. The Morgan fingerprint density at radius 2 is 1.83 bits per heavy atom. The van der Waals surface area contributed by atoms with Crippen molar-refractivity contribution in [2.45, 2.75) is 19.9 Å². The van der Waals surface area contributed by atoms with Crippen LogP contribution in [0.25, 0.3) is 0 Å². The number of aromatic nitrogens is 2. The average Bonchev–Trinajstić information content (AvgIpc) is 2.41. The number of nitrogens with zero attached hydrogens (tertiary/aromatic N) is 3. The summed E-state index contributed by atoms with van der Waals surface area (Å²) in [7, 11) is 0. The average molecular weight is 238 g/mol. The Kier molecular flexibility index (Phi) is 3.54. The third kappa shape index (κ3) is 2.64. The maximum atomic E-state index is 8.75. The van der Waals surface area contributed by atoms with E-state index in [9.17, 15) is 0 Å². The van der Waals surface area contributed by atoms with Gasteiger partial charge in [0, 0.05) is 12.4 Å². The number of hydrogen-bond donors (Lipinski definition) is 1. The highest BCUT2D eigenvalue weighted by Crippen LogP contribution is 2.19. The molecule has 0 saturated heterocycles. The standard InChI is InChI=1S/C14H14N4/c1-10(13-5-3-12(9-15)4-6-13)18-14-11(2)16-7-8-17-14/h3-8,10H,1-2H3,(H,17,18). The van der Waals surface area contributed by atoms with Gasteiger partial charge in [-0.05, 0) is 31.5 Å². The van der Waals surface area contributed by atoms with Crippen LogP contribution in [-0.2, 0) is 0 Å². The molecule has 1 unspecified atom stereocenters. The number of nitriles is 1. The minimum absolute atomic E-state index is 0.119. The fourth-order valence-corrected chi connectivity index (χ4v) is 1.68. The SMILES string of the molecule is Cc1nccnc1NC(C)c1ccc(C#N)cc1. The summed E-state index contributed by atoms with van der Waals surface area (Å²) in [5, 5.41) is 12.1. The third-order valence-electron chi connectivity index (χ3n) is 2.77. The van der Waals surface area contributed by atoms with Crippen LogP contribution in [0.15, 0.2) is 36.7 Å². The molecule has 0 saturated carbocycles. The van der Waals surface area contributed by atoms with Gasteiger partial charge in [0.25, 0.3) is 0 Å². The minimum Gasteiger partial charge on any atom is -0.362 e. The second-order valence-electron chi connectivity index (χ2n) is 4.09. The lowest BCUT2D eigenvalue weighted by atomic mass is 10.1. The summed E-state index contributed by atoms with van der Waals surface area (Å²) in [6.07, 6.45) is 3.34. The fourth-order valence-electron chi connectivity index (χ4n) is 1.68. The Bertz CT molecular complexity index is 569. The first-order valence-electron chi connectivity index (χ1n) is 5.75. The lowest BCUT2D eigenvalue weighted by Gasteiger charge is -2.15. The Balaban J connectivity index is 2.15. The molecule has 0 aliphatic rings. The van der Waals surface area contributed by atoms with E-state index in [4.69, 9.17) is 5.26 Å². The molecule has 1 heterocycles. The van der Waals surface area contributed by atoms with Crippen LogP contribution in [0, 0.1) is 18.3 Å². The molecule has 0 aliphatic carbocycles. The number of anilines is 1. The molecular weight excluding hydrogens is 224 g/mol. The Morgan fingerprint density at radius 1 is 1.17 bits per heavy atom. The lowest BCUT2D eigenvalue weighted by Crippen LogP contribution is -2.09. The van der Waals surface area contributed by atoms with Crippen LogP contribution in [0.1, 0.15) is 29.8 Å². The topological polar surface area (TPSA) is 61.6 Å². The molecule has 4 heteroatoms. The minimum atomic E-state index is 0.119. The molecular formula is C14H14N4. The molecule has 1 aromatic carbocycles. The first-order chi connectivity index (χ1) is 8.70. The van der Waals surface area contributed by atoms with Crippen molar-refractivity contribution < 1.29 is 0 Å². The van der Waals surface area contributed by atoms with E-state index >= 15 is 0 Å². The summed E-state index contributed by atoms with van der Waals surface area (Å²) in [4.78, 5) is 8.44. The first-order valence-corrected chi connectivity index (χ1v) is 5.75. The lowest BCUT2D eigenvalue weighted by molar-refractivity contribution is 0.865. The van der Waals surface area contributed by atoms with Crippen molar-refractivity contribution in [1.82, 2.24) is 9.97 Å². The summed E-state index contributed by atoms with van der Waals surface area (Å²) in [5.41, 5.74) is 2.65. The summed E-state index contributed by atoms with van der Waals surface area (Å²) in [5.74, 6) is 0.786. The van der Waals surface area contributed by atoms with Crippen LogP contribution in [0.3, 0.4) is 0 Å². The van der Waals surface area contributed by atoms with E-state index in [1.807, 2.05) is 31.2 Å². The van der Waals surface area contributed by atoms with E-state index in [2.05, 4.69) is 28.3 Å². The molecule has 1 aromatic heterocycles. The molecule has 1 atom stereocenters. The van der Waals surface area contributed by atoms with Gasteiger partial charge in [0.1, 0.15) is 5.82 Å². The summed E-state index contributed by atoms with van der Waals surface area (Å²) < 4.78 is 0. The molecule has 0 radical (unpaired) electrons. The van der Waals surface area contributed by atoms with Crippen molar-refractivity contribution in [3.05, 3.63) is 53.5 Å². The number of benzene rings is 1. The molecule has 2 aromatic rings. The Morgan fingerprint density at radius 3 is 2.44 bits per heavy atom. The van der Waals surface area contributed by atoms with Crippen molar-refractivity contribution in [3.8, 4) is 6.07 Å². The summed E-state index contributed by atoms with van der Waals surface area (Å²) in [6.45, 7) is 3.97. The van der Waals surface area contributed by atoms with E-state index in [0.717, 1.165) is 17.1 Å². The first kappa shape index (κ1) is 12.1. The third-order valence-corrected chi connectivity index (χ3v) is 2.77. The maximum absolute atomic E-state index is 8.75. The van der Waals surface area contributed by atoms with Crippen molar-refractivity contribution in [2.75, 3.05) is 5.32 Å². The zero-order chi connectivity index (χ0) is 13.0. The highest BCUT2D eigenvalue weighted by atomic mass is 15.0. The van der Waals surface area contributed by atoms with Crippen molar-refractivity contribution in [2.24, 2.45) is 0 Å². The van der Waals surface area contributed by atoms with Gasteiger partial charge < -0.3 is 5.32 Å². The van der Waals surface area contributed by atoms with Crippen molar-refractivity contribution in [3.63, 3.8) is 0 Å². The molecule has 0 amide bonds. The monoisotopic (exact) mass is 238 g/mol. The number of rotatable bonds is 3. The van der Waals surface area contributed by atoms with E-state index in [-0.39, 0.29) is 6.04 Å². The molecule has 4 nitrogen and oxygen atoms in total. The smallest absolute Gasteiger partial charge is 0.147 e.